The van der Waals surface area contributed by atoms with Crippen molar-refractivity contribution in [2.24, 2.45) is 5.92 Å². The number of sulfonamides is 1. The number of hydrogen-bond acceptors (Lipinski definition) is 7. The molecule has 0 saturated heterocycles. The average molecular weight is 485 g/mol. The highest BCUT2D eigenvalue weighted by Crippen LogP contribution is 2.30. The maximum atomic E-state index is 13.0. The van der Waals surface area contributed by atoms with Gasteiger partial charge in [-0.1, -0.05) is 31.7 Å². The molecule has 0 fully saturated rings. The minimum absolute atomic E-state index is 0.0503. The Labute approximate surface area is 194 Å². The SMILES string of the molecule is CC(C)C[C@@H](C(=O)CNS(=O)(=O)[C@@H]1SC=CN1Cc1cccnc1)N(C(=O)O)C(C)(C)C. The number of Topliss-reactive ketones (excluding diaryl/α,β-unsaturated/α-hetero) is 1. The number of nitrogens with zero attached hydrogens (tertiary/aromatic N) is 3. The summed E-state index contributed by atoms with van der Waals surface area (Å²) in [4.78, 5) is 31.8. The quantitative estimate of drug-likeness (QED) is 0.520. The largest absolute Gasteiger partial charge is 0.465 e. The Bertz CT molecular complexity index is 929. The number of pyridine rings is 1. The van der Waals surface area contributed by atoms with Gasteiger partial charge in [-0.2, -0.15) is 0 Å². The number of amides is 1. The molecule has 2 heterocycles. The number of carbonyl (C=O) groups is 2. The predicted molar refractivity (Wildman–Crippen MR) is 125 cm³/mol. The minimum atomic E-state index is -3.90. The second-order valence-corrected chi connectivity index (χ2v) is 12.2. The summed E-state index contributed by atoms with van der Waals surface area (Å²) in [5, 5.41) is 11.4. The number of nitrogens with one attached hydrogen (secondary N) is 1. The molecule has 0 unspecified atom stereocenters. The van der Waals surface area contributed by atoms with Crippen LogP contribution in [0, 0.1) is 5.92 Å². The molecule has 178 valence electrons. The zero-order valence-electron chi connectivity index (χ0n) is 19.1. The molecule has 0 aliphatic carbocycles. The van der Waals surface area contributed by atoms with E-state index in [9.17, 15) is 23.1 Å². The molecule has 2 N–H and O–H groups in total. The van der Waals surface area contributed by atoms with Gasteiger partial charge in [0.1, 0.15) is 0 Å². The first-order valence-electron chi connectivity index (χ1n) is 10.3. The fourth-order valence-corrected chi connectivity index (χ4v) is 6.12. The second kappa shape index (κ2) is 10.7. The van der Waals surface area contributed by atoms with Crippen LogP contribution in [0.4, 0.5) is 4.79 Å². The fourth-order valence-electron chi connectivity index (χ4n) is 3.49. The molecule has 1 amide bonds. The Morgan fingerprint density at radius 3 is 2.56 bits per heavy atom. The third kappa shape index (κ3) is 6.94. The zero-order chi connectivity index (χ0) is 24.1. The lowest BCUT2D eigenvalue weighted by atomic mass is 9.94. The maximum Gasteiger partial charge on any atom is 0.408 e. The maximum absolute atomic E-state index is 13.0. The molecule has 1 aliphatic rings. The lowest BCUT2D eigenvalue weighted by Gasteiger charge is -2.39. The van der Waals surface area contributed by atoms with Gasteiger partial charge in [0, 0.05) is 30.7 Å². The summed E-state index contributed by atoms with van der Waals surface area (Å²) >= 11 is 1.12. The number of rotatable bonds is 10. The first kappa shape index (κ1) is 26.1. The van der Waals surface area contributed by atoms with Crippen molar-refractivity contribution in [3.05, 3.63) is 41.7 Å². The Morgan fingerprint density at radius 2 is 2.03 bits per heavy atom. The van der Waals surface area contributed by atoms with Gasteiger partial charge < -0.3 is 10.0 Å². The molecule has 32 heavy (non-hydrogen) atoms. The second-order valence-electron chi connectivity index (χ2n) is 9.06. The van der Waals surface area contributed by atoms with Gasteiger partial charge in [-0.3, -0.25) is 14.7 Å². The van der Waals surface area contributed by atoms with Crippen LogP contribution in [0.1, 0.15) is 46.6 Å². The molecule has 2 rings (SSSR count). The van der Waals surface area contributed by atoms with E-state index in [0.717, 1.165) is 22.2 Å². The van der Waals surface area contributed by atoms with E-state index < -0.39 is 44.7 Å². The minimum Gasteiger partial charge on any atom is -0.465 e. The molecule has 1 aromatic heterocycles. The number of thioether (sulfide) groups is 1. The number of hydrogen-bond donors (Lipinski definition) is 2. The summed E-state index contributed by atoms with van der Waals surface area (Å²) in [5.41, 5.74) is 0.0428. The summed E-state index contributed by atoms with van der Waals surface area (Å²) in [6.45, 7) is 8.80. The van der Waals surface area contributed by atoms with E-state index in [1.165, 1.54) is 0 Å². The van der Waals surface area contributed by atoms with Crippen molar-refractivity contribution in [3.63, 3.8) is 0 Å². The van der Waals surface area contributed by atoms with E-state index in [-0.39, 0.29) is 5.92 Å². The van der Waals surface area contributed by atoms with Crippen molar-refractivity contribution in [2.45, 2.75) is 63.9 Å². The number of ketones is 1. The summed E-state index contributed by atoms with van der Waals surface area (Å²) < 4.78 is 27.4. The topological polar surface area (TPSA) is 120 Å². The van der Waals surface area contributed by atoms with Gasteiger partial charge in [0.25, 0.3) is 0 Å². The lowest BCUT2D eigenvalue weighted by Crippen LogP contribution is -2.56. The smallest absolute Gasteiger partial charge is 0.408 e. The third-order valence-corrected chi connectivity index (χ3v) is 8.05. The highest BCUT2D eigenvalue weighted by Gasteiger charge is 2.39. The van der Waals surface area contributed by atoms with Crippen LogP contribution >= 0.6 is 11.8 Å². The normalized spacial score (nSPS) is 17.6. The van der Waals surface area contributed by atoms with Crippen LogP contribution in [-0.4, -0.2) is 63.0 Å². The number of carbonyl (C=O) groups excluding carboxylic acids is 1. The van der Waals surface area contributed by atoms with Crippen molar-refractivity contribution in [2.75, 3.05) is 6.54 Å². The summed E-state index contributed by atoms with van der Waals surface area (Å²) in [6, 6.07) is 2.69. The molecule has 1 aromatic rings. The first-order valence-corrected chi connectivity index (χ1v) is 12.8. The molecule has 0 saturated carbocycles. The van der Waals surface area contributed by atoms with Gasteiger partial charge in [0.15, 0.2) is 10.5 Å². The third-order valence-electron chi connectivity index (χ3n) is 4.83. The van der Waals surface area contributed by atoms with Crippen LogP contribution in [0.2, 0.25) is 0 Å². The van der Waals surface area contributed by atoms with E-state index in [4.69, 9.17) is 0 Å². The lowest BCUT2D eigenvalue weighted by molar-refractivity contribution is -0.125. The van der Waals surface area contributed by atoms with Gasteiger partial charge >= 0.3 is 6.09 Å². The van der Waals surface area contributed by atoms with Crippen LogP contribution in [0.5, 0.6) is 0 Å². The molecule has 0 aromatic carbocycles. The van der Waals surface area contributed by atoms with Crippen LogP contribution < -0.4 is 4.72 Å². The van der Waals surface area contributed by atoms with E-state index >= 15 is 0 Å². The Morgan fingerprint density at radius 1 is 1.34 bits per heavy atom. The molecule has 11 heteroatoms. The Kier molecular flexibility index (Phi) is 8.72. The molecular weight excluding hydrogens is 452 g/mol. The highest BCUT2D eigenvalue weighted by atomic mass is 32.3. The van der Waals surface area contributed by atoms with Crippen LogP contribution in [0.15, 0.2) is 36.1 Å². The summed E-state index contributed by atoms with van der Waals surface area (Å²) in [6.07, 6.45) is 4.09. The first-order chi connectivity index (χ1) is 14.8. The molecule has 0 spiro atoms. The van der Waals surface area contributed by atoms with E-state index in [2.05, 4.69) is 9.71 Å². The van der Waals surface area contributed by atoms with Gasteiger partial charge in [0.2, 0.25) is 10.0 Å². The van der Waals surface area contributed by atoms with E-state index in [1.54, 1.807) is 55.7 Å². The molecular formula is C21H32N4O5S2. The standard InChI is InChI=1S/C21H32N4O5S2/c1-15(2)11-17(25(19(27)28)21(3,4)5)18(26)13-23-32(29,30)20-24(9-10-31-20)14-16-7-6-8-22-12-16/h6-10,12,15,17,20,23H,11,13-14H2,1-5H3,(H,27,28)/t17-,20-/m0/s1. The highest BCUT2D eigenvalue weighted by molar-refractivity contribution is 8.14. The molecule has 0 radical (unpaired) electrons. The molecule has 9 nitrogen and oxygen atoms in total. The van der Waals surface area contributed by atoms with Crippen molar-refractivity contribution in [1.82, 2.24) is 19.5 Å². The van der Waals surface area contributed by atoms with Crippen molar-refractivity contribution >= 4 is 33.7 Å². The van der Waals surface area contributed by atoms with E-state index in [1.807, 2.05) is 19.9 Å². The number of aromatic nitrogens is 1. The van der Waals surface area contributed by atoms with Crippen molar-refractivity contribution in [1.29, 1.82) is 0 Å². The molecule has 1 aliphatic heterocycles. The van der Waals surface area contributed by atoms with Crippen LogP contribution in [-0.2, 0) is 21.4 Å². The van der Waals surface area contributed by atoms with Gasteiger partial charge in [-0.25, -0.2) is 17.9 Å². The Hall–Kier alpha value is -2.11. The predicted octanol–water partition coefficient (Wildman–Crippen LogP) is 3.07. The van der Waals surface area contributed by atoms with Crippen molar-refractivity contribution < 1.29 is 23.1 Å². The number of carboxylic acid groups (broad SMARTS) is 1. The molecule has 2 atom stereocenters. The van der Waals surface area contributed by atoms with Gasteiger partial charge in [-0.05, 0) is 50.1 Å². The van der Waals surface area contributed by atoms with Gasteiger partial charge in [0.05, 0.1) is 12.6 Å². The average Bonchev–Trinajstić information content (AvgIpc) is 3.14. The summed E-state index contributed by atoms with van der Waals surface area (Å²) in [7, 11) is -3.90. The van der Waals surface area contributed by atoms with Crippen LogP contribution in [0.3, 0.4) is 0 Å². The molecule has 0 bridgehead atoms. The summed E-state index contributed by atoms with van der Waals surface area (Å²) in [5.74, 6) is -0.427. The van der Waals surface area contributed by atoms with E-state index in [0.29, 0.717) is 13.0 Å². The Balaban J connectivity index is 2.13. The monoisotopic (exact) mass is 484 g/mol. The fraction of sp³-hybridized carbons (Fsp3) is 0.571. The van der Waals surface area contributed by atoms with Crippen molar-refractivity contribution in [3.8, 4) is 0 Å². The van der Waals surface area contributed by atoms with Gasteiger partial charge in [-0.15, -0.1) is 0 Å². The zero-order valence-corrected chi connectivity index (χ0v) is 20.7. The van der Waals surface area contributed by atoms with Crippen LogP contribution in [0.25, 0.3) is 0 Å².